The molecule has 0 saturated carbocycles. The first-order chi connectivity index (χ1) is 30.0. The molecule has 358 valence electrons. The second-order valence-electron chi connectivity index (χ2n) is 18.3. The van der Waals surface area contributed by atoms with Gasteiger partial charge in [-0.2, -0.15) is 0 Å². The summed E-state index contributed by atoms with van der Waals surface area (Å²) in [5.41, 5.74) is 0. The Bertz CT molecular complexity index is 1010. The van der Waals surface area contributed by atoms with Gasteiger partial charge in [-0.1, -0.05) is 243 Å². The normalized spacial score (nSPS) is 13.5. The lowest BCUT2D eigenvalue weighted by Gasteiger charge is -2.24. The van der Waals surface area contributed by atoms with Gasteiger partial charge in [-0.3, -0.25) is 9.59 Å². The van der Waals surface area contributed by atoms with Crippen molar-refractivity contribution >= 4 is 11.9 Å². The van der Waals surface area contributed by atoms with E-state index < -0.39 is 18.2 Å². The standard InChI is InChI=1S/C55H103NO5/c1-4-7-10-13-16-19-22-25-27-28-30-33-36-39-42-45-48-55(60)61-51(46-43-40-37-34-31-29-26-23-20-17-14-11-8-5-2)49-54(59)56-52(50-57)53(58)47-44-41-38-35-32-24-21-18-15-12-9-6-3/h7,10,16,19,25,27,51-53,57-58H,4-6,8-9,11-15,17-18,20-24,26,28-50H2,1-3H3,(H,56,59)/b10-7+,19-16+,27-25+. The van der Waals surface area contributed by atoms with Crippen molar-refractivity contribution in [2.75, 3.05) is 6.61 Å². The number of carbonyl (C=O) groups excluding carboxylic acids is 2. The Morgan fingerprint density at radius 2 is 0.885 bits per heavy atom. The van der Waals surface area contributed by atoms with Crippen molar-refractivity contribution in [3.63, 3.8) is 0 Å². The monoisotopic (exact) mass is 858 g/mol. The molecular weight excluding hydrogens is 755 g/mol. The summed E-state index contributed by atoms with van der Waals surface area (Å²) in [4.78, 5) is 26.2. The van der Waals surface area contributed by atoms with Crippen LogP contribution >= 0.6 is 0 Å². The van der Waals surface area contributed by atoms with Gasteiger partial charge in [-0.25, -0.2) is 0 Å². The molecule has 3 atom stereocenters. The summed E-state index contributed by atoms with van der Waals surface area (Å²) in [5, 5.41) is 23.8. The molecule has 61 heavy (non-hydrogen) atoms. The zero-order chi connectivity index (χ0) is 44.5. The fourth-order valence-electron chi connectivity index (χ4n) is 8.21. The number of unbranched alkanes of at least 4 members (excludes halogenated alkanes) is 30. The largest absolute Gasteiger partial charge is 0.462 e. The lowest BCUT2D eigenvalue weighted by Crippen LogP contribution is -2.46. The van der Waals surface area contributed by atoms with E-state index in [1.165, 1.54) is 161 Å². The molecule has 0 aliphatic heterocycles. The van der Waals surface area contributed by atoms with Gasteiger partial charge in [0.2, 0.25) is 5.91 Å². The minimum absolute atomic E-state index is 0.0764. The molecule has 0 rings (SSSR count). The third kappa shape index (κ3) is 44.5. The molecule has 0 aromatic carbocycles. The summed E-state index contributed by atoms with van der Waals surface area (Å²) in [5.74, 6) is -0.475. The molecule has 0 heterocycles. The average molecular weight is 858 g/mol. The van der Waals surface area contributed by atoms with E-state index in [0.29, 0.717) is 19.3 Å². The molecule has 3 unspecified atom stereocenters. The summed E-state index contributed by atoms with van der Waals surface area (Å²) in [6.45, 7) is 6.39. The Morgan fingerprint density at radius 1 is 0.492 bits per heavy atom. The maximum Gasteiger partial charge on any atom is 0.306 e. The predicted octanol–water partition coefficient (Wildman–Crippen LogP) is 16.1. The summed E-state index contributed by atoms with van der Waals surface area (Å²) >= 11 is 0. The number of rotatable bonds is 48. The van der Waals surface area contributed by atoms with Gasteiger partial charge in [0.1, 0.15) is 6.10 Å². The van der Waals surface area contributed by atoms with E-state index in [9.17, 15) is 19.8 Å². The van der Waals surface area contributed by atoms with E-state index >= 15 is 0 Å². The summed E-state index contributed by atoms with van der Waals surface area (Å²) < 4.78 is 5.94. The number of amides is 1. The van der Waals surface area contributed by atoms with Crippen LogP contribution in [0.1, 0.15) is 278 Å². The third-order valence-electron chi connectivity index (χ3n) is 12.2. The summed E-state index contributed by atoms with van der Waals surface area (Å²) in [6.07, 6.45) is 57.7. The SMILES string of the molecule is CC/C=C/C/C=C/C/C=C/CCCCCCCCC(=O)OC(CCCCCCCCCCCCCCCC)CC(=O)NC(CO)C(O)CCCCCCCCCCCCCC. The van der Waals surface area contributed by atoms with Crippen LogP contribution in [-0.4, -0.2) is 46.9 Å². The quantitative estimate of drug-likeness (QED) is 0.0322. The maximum atomic E-state index is 13.2. The number of esters is 1. The van der Waals surface area contributed by atoms with Crippen LogP contribution in [-0.2, 0) is 14.3 Å². The highest BCUT2D eigenvalue weighted by molar-refractivity contribution is 5.77. The van der Waals surface area contributed by atoms with Gasteiger partial charge in [0.05, 0.1) is 25.2 Å². The third-order valence-corrected chi connectivity index (χ3v) is 12.2. The average Bonchev–Trinajstić information content (AvgIpc) is 3.25. The highest BCUT2D eigenvalue weighted by Gasteiger charge is 2.24. The highest BCUT2D eigenvalue weighted by atomic mass is 16.5. The molecule has 0 aliphatic rings. The van der Waals surface area contributed by atoms with E-state index in [0.717, 1.165) is 70.6 Å². The van der Waals surface area contributed by atoms with Crippen LogP contribution in [0.25, 0.3) is 0 Å². The smallest absolute Gasteiger partial charge is 0.306 e. The number of hydrogen-bond donors (Lipinski definition) is 3. The number of aliphatic hydroxyl groups excluding tert-OH is 2. The van der Waals surface area contributed by atoms with E-state index in [1.54, 1.807) is 0 Å². The molecule has 0 aliphatic carbocycles. The molecule has 0 saturated heterocycles. The Balaban J connectivity index is 4.56. The Hall–Kier alpha value is -1.92. The van der Waals surface area contributed by atoms with Crippen molar-refractivity contribution in [1.82, 2.24) is 5.32 Å². The van der Waals surface area contributed by atoms with E-state index in [1.807, 2.05) is 0 Å². The van der Waals surface area contributed by atoms with Crippen molar-refractivity contribution < 1.29 is 24.5 Å². The van der Waals surface area contributed by atoms with Crippen LogP contribution in [0.3, 0.4) is 0 Å². The Labute approximate surface area is 379 Å². The van der Waals surface area contributed by atoms with Crippen molar-refractivity contribution in [3.8, 4) is 0 Å². The molecule has 1 amide bonds. The Morgan fingerprint density at radius 3 is 1.34 bits per heavy atom. The zero-order valence-electron chi connectivity index (χ0n) is 40.8. The molecular formula is C55H103NO5. The van der Waals surface area contributed by atoms with Crippen LogP contribution in [0.15, 0.2) is 36.5 Å². The van der Waals surface area contributed by atoms with Gasteiger partial charge in [-0.15, -0.1) is 0 Å². The molecule has 0 spiro atoms. The van der Waals surface area contributed by atoms with Crippen molar-refractivity contribution in [2.24, 2.45) is 0 Å². The summed E-state index contributed by atoms with van der Waals surface area (Å²) in [7, 11) is 0. The second kappa shape index (κ2) is 49.1. The molecule has 0 fully saturated rings. The second-order valence-corrected chi connectivity index (χ2v) is 18.3. The van der Waals surface area contributed by atoms with Gasteiger partial charge in [0.25, 0.3) is 0 Å². The minimum atomic E-state index is -0.786. The molecule has 0 radical (unpaired) electrons. The van der Waals surface area contributed by atoms with E-state index in [4.69, 9.17) is 4.74 Å². The van der Waals surface area contributed by atoms with Crippen LogP contribution in [0.2, 0.25) is 0 Å². The minimum Gasteiger partial charge on any atom is -0.462 e. The first-order valence-corrected chi connectivity index (χ1v) is 26.7. The lowest BCUT2D eigenvalue weighted by atomic mass is 10.0. The van der Waals surface area contributed by atoms with E-state index in [2.05, 4.69) is 62.5 Å². The summed E-state index contributed by atoms with van der Waals surface area (Å²) in [6, 6.07) is -0.700. The van der Waals surface area contributed by atoms with Gasteiger partial charge in [0.15, 0.2) is 0 Å². The topological polar surface area (TPSA) is 95.9 Å². The molecule has 6 nitrogen and oxygen atoms in total. The fourth-order valence-corrected chi connectivity index (χ4v) is 8.21. The first-order valence-electron chi connectivity index (χ1n) is 26.7. The van der Waals surface area contributed by atoms with Gasteiger partial charge >= 0.3 is 5.97 Å². The van der Waals surface area contributed by atoms with Crippen LogP contribution in [0.4, 0.5) is 0 Å². The predicted molar refractivity (Wildman–Crippen MR) is 264 cm³/mol. The molecule has 0 bridgehead atoms. The number of aliphatic hydroxyl groups is 2. The number of ether oxygens (including phenoxy) is 1. The van der Waals surface area contributed by atoms with Crippen molar-refractivity contribution in [3.05, 3.63) is 36.5 Å². The fraction of sp³-hybridized carbons (Fsp3) is 0.855. The lowest BCUT2D eigenvalue weighted by molar-refractivity contribution is -0.151. The van der Waals surface area contributed by atoms with Crippen LogP contribution in [0.5, 0.6) is 0 Å². The van der Waals surface area contributed by atoms with Gasteiger partial charge in [-0.05, 0) is 57.8 Å². The van der Waals surface area contributed by atoms with Crippen LogP contribution in [0, 0.1) is 0 Å². The molecule has 6 heteroatoms. The van der Waals surface area contributed by atoms with Crippen LogP contribution < -0.4 is 5.32 Å². The number of hydrogen-bond acceptors (Lipinski definition) is 5. The molecule has 3 N–H and O–H groups in total. The van der Waals surface area contributed by atoms with Crippen molar-refractivity contribution in [1.29, 1.82) is 0 Å². The highest BCUT2D eigenvalue weighted by Crippen LogP contribution is 2.18. The van der Waals surface area contributed by atoms with Gasteiger partial charge in [0, 0.05) is 6.42 Å². The first kappa shape index (κ1) is 59.1. The molecule has 0 aromatic heterocycles. The van der Waals surface area contributed by atoms with Crippen molar-refractivity contribution in [2.45, 2.75) is 296 Å². The number of allylic oxidation sites excluding steroid dienone is 6. The van der Waals surface area contributed by atoms with Gasteiger partial charge < -0.3 is 20.3 Å². The Kier molecular flexibility index (Phi) is 47.6. The zero-order valence-corrected chi connectivity index (χ0v) is 40.8. The van der Waals surface area contributed by atoms with E-state index in [-0.39, 0.29) is 24.9 Å². The maximum absolute atomic E-state index is 13.2. The number of carbonyl (C=O) groups is 2. The number of nitrogens with one attached hydrogen (secondary N) is 1. The molecule has 0 aromatic rings.